The molecular formula is C17H23ClO4. The molecule has 0 aliphatic heterocycles. The van der Waals surface area contributed by atoms with Crippen LogP contribution in [0.3, 0.4) is 0 Å². The molecule has 122 valence electrons. The average Bonchev–Trinajstić information content (AvgIpc) is 2.52. The fourth-order valence-electron chi connectivity index (χ4n) is 1.79. The predicted octanol–water partition coefficient (Wildman–Crippen LogP) is 4.21. The van der Waals surface area contributed by atoms with Crippen LogP contribution in [0.1, 0.15) is 60.2 Å². The van der Waals surface area contributed by atoms with E-state index in [2.05, 4.69) is 6.92 Å². The third kappa shape index (κ3) is 6.94. The van der Waals surface area contributed by atoms with Crippen molar-refractivity contribution < 1.29 is 19.1 Å². The summed E-state index contributed by atoms with van der Waals surface area (Å²) >= 11 is 5.72. The van der Waals surface area contributed by atoms with E-state index in [-0.39, 0.29) is 18.0 Å². The van der Waals surface area contributed by atoms with Crippen LogP contribution in [-0.2, 0) is 9.47 Å². The molecule has 0 aliphatic rings. The number of halogens is 1. The first kappa shape index (κ1) is 18.5. The largest absolute Gasteiger partial charge is 0.462 e. The van der Waals surface area contributed by atoms with Gasteiger partial charge < -0.3 is 9.47 Å². The second-order valence-corrected chi connectivity index (χ2v) is 5.90. The lowest BCUT2D eigenvalue weighted by atomic mass is 10.1. The Bertz CT molecular complexity index is 468. The first-order valence-electron chi connectivity index (χ1n) is 7.63. The Labute approximate surface area is 136 Å². The zero-order valence-corrected chi connectivity index (χ0v) is 13.9. The number of carbonyl (C=O) groups is 2. The third-order valence-corrected chi connectivity index (χ3v) is 3.16. The molecule has 0 saturated heterocycles. The highest BCUT2D eigenvalue weighted by Gasteiger charge is 2.11. The van der Waals surface area contributed by atoms with Gasteiger partial charge in [-0.25, -0.2) is 9.59 Å². The molecule has 0 aliphatic carbocycles. The van der Waals surface area contributed by atoms with Crippen LogP contribution in [-0.4, -0.2) is 30.5 Å². The van der Waals surface area contributed by atoms with Gasteiger partial charge in [0, 0.05) is 0 Å². The maximum atomic E-state index is 11.8. The SMILES string of the molecule is CCCCCCOC(=O)c1ccc(C(=O)OCC(C)Cl)cc1. The molecular weight excluding hydrogens is 304 g/mol. The Kier molecular flexibility index (Phi) is 8.60. The Morgan fingerprint density at radius 1 is 1.00 bits per heavy atom. The fourth-order valence-corrected chi connectivity index (χ4v) is 1.86. The molecule has 0 heterocycles. The van der Waals surface area contributed by atoms with E-state index in [1.807, 2.05) is 0 Å². The summed E-state index contributed by atoms with van der Waals surface area (Å²) in [6, 6.07) is 6.23. The first-order valence-corrected chi connectivity index (χ1v) is 8.06. The maximum absolute atomic E-state index is 11.8. The topological polar surface area (TPSA) is 52.6 Å². The molecule has 1 rings (SSSR count). The van der Waals surface area contributed by atoms with Crippen molar-refractivity contribution in [2.75, 3.05) is 13.2 Å². The van der Waals surface area contributed by atoms with Crippen molar-refractivity contribution in [3.63, 3.8) is 0 Å². The van der Waals surface area contributed by atoms with Crippen LogP contribution in [0.5, 0.6) is 0 Å². The standard InChI is InChI=1S/C17H23ClO4/c1-3-4-5-6-11-21-16(19)14-7-9-15(10-8-14)17(20)22-12-13(2)18/h7-10,13H,3-6,11-12H2,1-2H3. The van der Waals surface area contributed by atoms with Gasteiger partial charge >= 0.3 is 11.9 Å². The summed E-state index contributed by atoms with van der Waals surface area (Å²) in [5.74, 6) is -0.822. The van der Waals surface area contributed by atoms with Crippen LogP contribution in [0, 0.1) is 0 Å². The molecule has 0 N–H and O–H groups in total. The molecule has 1 atom stereocenters. The molecule has 5 heteroatoms. The predicted molar refractivity (Wildman–Crippen MR) is 86.5 cm³/mol. The Morgan fingerprint density at radius 2 is 1.55 bits per heavy atom. The Balaban J connectivity index is 2.43. The van der Waals surface area contributed by atoms with Gasteiger partial charge in [-0.05, 0) is 37.6 Å². The molecule has 0 saturated carbocycles. The molecule has 0 bridgehead atoms. The van der Waals surface area contributed by atoms with Crippen molar-refractivity contribution in [1.29, 1.82) is 0 Å². The summed E-state index contributed by atoms with van der Waals surface area (Å²) in [7, 11) is 0. The van der Waals surface area contributed by atoms with E-state index in [4.69, 9.17) is 21.1 Å². The number of unbranched alkanes of at least 4 members (excludes halogenated alkanes) is 3. The van der Waals surface area contributed by atoms with Gasteiger partial charge in [-0.15, -0.1) is 11.6 Å². The summed E-state index contributed by atoms with van der Waals surface area (Å²) in [6.45, 7) is 4.46. The van der Waals surface area contributed by atoms with Gasteiger partial charge in [0.1, 0.15) is 6.61 Å². The number of hydrogen-bond donors (Lipinski definition) is 0. The molecule has 0 aromatic heterocycles. The normalized spacial score (nSPS) is 11.8. The minimum absolute atomic E-state index is 0.155. The maximum Gasteiger partial charge on any atom is 0.338 e. The third-order valence-electron chi connectivity index (χ3n) is 3.03. The molecule has 0 radical (unpaired) electrons. The highest BCUT2D eigenvalue weighted by molar-refractivity contribution is 6.20. The van der Waals surface area contributed by atoms with E-state index in [9.17, 15) is 9.59 Å². The van der Waals surface area contributed by atoms with Crippen molar-refractivity contribution >= 4 is 23.5 Å². The van der Waals surface area contributed by atoms with Crippen LogP contribution in [0.25, 0.3) is 0 Å². The lowest BCUT2D eigenvalue weighted by Gasteiger charge is -2.07. The molecule has 4 nitrogen and oxygen atoms in total. The van der Waals surface area contributed by atoms with Crippen molar-refractivity contribution in [2.45, 2.75) is 44.9 Å². The molecule has 0 spiro atoms. The first-order chi connectivity index (χ1) is 10.5. The van der Waals surface area contributed by atoms with Gasteiger partial charge in [-0.1, -0.05) is 26.2 Å². The van der Waals surface area contributed by atoms with Crippen molar-refractivity contribution in [1.82, 2.24) is 0 Å². The molecule has 1 aromatic carbocycles. The van der Waals surface area contributed by atoms with Crippen LogP contribution >= 0.6 is 11.6 Å². The van der Waals surface area contributed by atoms with Gasteiger partial charge in [0.05, 0.1) is 23.1 Å². The number of rotatable bonds is 9. The smallest absolute Gasteiger partial charge is 0.338 e. The highest BCUT2D eigenvalue weighted by Crippen LogP contribution is 2.09. The molecule has 0 amide bonds. The zero-order valence-electron chi connectivity index (χ0n) is 13.1. The van der Waals surface area contributed by atoms with E-state index in [0.29, 0.717) is 17.7 Å². The number of esters is 2. The lowest BCUT2D eigenvalue weighted by Crippen LogP contribution is -2.12. The number of alkyl halides is 1. The summed E-state index contributed by atoms with van der Waals surface area (Å²) in [5.41, 5.74) is 0.814. The summed E-state index contributed by atoms with van der Waals surface area (Å²) in [6.07, 6.45) is 4.23. The van der Waals surface area contributed by atoms with Gasteiger partial charge in [0.15, 0.2) is 0 Å². The van der Waals surface area contributed by atoms with Crippen LogP contribution in [0.4, 0.5) is 0 Å². The number of benzene rings is 1. The second-order valence-electron chi connectivity index (χ2n) is 5.15. The van der Waals surface area contributed by atoms with E-state index < -0.39 is 5.97 Å². The van der Waals surface area contributed by atoms with Crippen molar-refractivity contribution in [3.8, 4) is 0 Å². The quantitative estimate of drug-likeness (QED) is 0.387. The summed E-state index contributed by atoms with van der Waals surface area (Å²) in [5, 5.41) is -0.231. The number of ether oxygens (including phenoxy) is 2. The number of carbonyl (C=O) groups excluding carboxylic acids is 2. The van der Waals surface area contributed by atoms with Gasteiger partial charge in [-0.3, -0.25) is 0 Å². The van der Waals surface area contributed by atoms with Crippen LogP contribution < -0.4 is 0 Å². The fraction of sp³-hybridized carbons (Fsp3) is 0.529. The highest BCUT2D eigenvalue weighted by atomic mass is 35.5. The minimum atomic E-state index is -0.452. The molecule has 1 unspecified atom stereocenters. The zero-order chi connectivity index (χ0) is 16.4. The van der Waals surface area contributed by atoms with Crippen LogP contribution in [0.15, 0.2) is 24.3 Å². The molecule has 0 fully saturated rings. The second kappa shape index (κ2) is 10.2. The lowest BCUT2D eigenvalue weighted by molar-refractivity contribution is 0.0488. The van der Waals surface area contributed by atoms with Gasteiger partial charge in [-0.2, -0.15) is 0 Å². The van der Waals surface area contributed by atoms with Gasteiger partial charge in [0.2, 0.25) is 0 Å². The summed E-state index contributed by atoms with van der Waals surface area (Å²) < 4.78 is 10.2. The minimum Gasteiger partial charge on any atom is -0.462 e. The monoisotopic (exact) mass is 326 g/mol. The van der Waals surface area contributed by atoms with E-state index >= 15 is 0 Å². The number of hydrogen-bond acceptors (Lipinski definition) is 4. The van der Waals surface area contributed by atoms with E-state index in [1.165, 1.54) is 0 Å². The molecule has 22 heavy (non-hydrogen) atoms. The Morgan fingerprint density at radius 3 is 2.05 bits per heavy atom. The van der Waals surface area contributed by atoms with E-state index in [1.54, 1.807) is 31.2 Å². The van der Waals surface area contributed by atoms with Gasteiger partial charge in [0.25, 0.3) is 0 Å². The Hall–Kier alpha value is -1.55. The summed E-state index contributed by atoms with van der Waals surface area (Å²) in [4.78, 5) is 23.5. The van der Waals surface area contributed by atoms with Crippen LogP contribution in [0.2, 0.25) is 0 Å². The van der Waals surface area contributed by atoms with Crippen molar-refractivity contribution in [3.05, 3.63) is 35.4 Å². The van der Waals surface area contributed by atoms with E-state index in [0.717, 1.165) is 25.7 Å². The van der Waals surface area contributed by atoms with Crippen molar-refractivity contribution in [2.24, 2.45) is 0 Å². The average molecular weight is 327 g/mol. The molecule has 1 aromatic rings.